The summed E-state index contributed by atoms with van der Waals surface area (Å²) in [4.78, 5) is 30.7. The predicted molar refractivity (Wildman–Crippen MR) is 287 cm³/mol. The van der Waals surface area contributed by atoms with Crippen LogP contribution in [0.15, 0.2) is 0 Å². The number of unbranched alkanes of at least 4 members (excludes halogenated alkanes) is 48. The Morgan fingerprint density at radius 1 is 0.194 bits per heavy atom. The number of hydrogen-bond donors (Lipinski definition) is 0. The summed E-state index contributed by atoms with van der Waals surface area (Å²) in [6.07, 6.45) is 68.4. The molecule has 0 saturated carbocycles. The maximum atomic E-state index is 10.2. The zero-order chi connectivity index (χ0) is 48.9. The Labute approximate surface area is 438 Å². The van der Waals surface area contributed by atoms with Crippen molar-refractivity contribution in [2.45, 2.75) is 367 Å². The number of carboxylic acids is 3. The van der Waals surface area contributed by atoms with Crippen molar-refractivity contribution in [2.24, 2.45) is 0 Å². The molecule has 0 rings (SSSR count). The van der Waals surface area contributed by atoms with E-state index in [4.69, 9.17) is 0 Å². The van der Waals surface area contributed by atoms with Crippen molar-refractivity contribution in [3.63, 3.8) is 0 Å². The average Bonchev–Trinajstić information content (AvgIpc) is 3.29. The van der Waals surface area contributed by atoms with Crippen molar-refractivity contribution in [1.29, 1.82) is 0 Å². The number of carbonyl (C=O) groups is 3. The van der Waals surface area contributed by atoms with Crippen LogP contribution in [0.3, 0.4) is 0 Å². The van der Waals surface area contributed by atoms with Gasteiger partial charge in [0, 0.05) is 17.9 Å². The minimum Gasteiger partial charge on any atom is -0.550 e. The molecular formula is C60H117InO6. The Hall–Kier alpha value is -0.720. The zero-order valence-corrected chi connectivity index (χ0v) is 49.0. The van der Waals surface area contributed by atoms with E-state index in [1.54, 1.807) is 0 Å². The summed E-state index contributed by atoms with van der Waals surface area (Å²) in [7, 11) is 0. The van der Waals surface area contributed by atoms with Crippen LogP contribution in [0, 0.1) is 0 Å². The largest absolute Gasteiger partial charge is 3.00 e. The zero-order valence-electron chi connectivity index (χ0n) is 45.7. The van der Waals surface area contributed by atoms with Crippen molar-refractivity contribution in [2.75, 3.05) is 0 Å². The molecule has 67 heavy (non-hydrogen) atoms. The molecule has 0 radical (unpaired) electrons. The standard InChI is InChI=1S/3C20H40O2.In/c3*1-2-3-4-5-6-7-8-9-10-11-12-13-14-15-16-17-18-19-20(21)22;/h3*2-19H2,1H3,(H,21,22);/q;;;+3/p-3. The summed E-state index contributed by atoms with van der Waals surface area (Å²) >= 11 is 0. The second-order valence-corrected chi connectivity index (χ2v) is 20.3. The van der Waals surface area contributed by atoms with E-state index in [2.05, 4.69) is 20.8 Å². The van der Waals surface area contributed by atoms with Gasteiger partial charge >= 0.3 is 25.8 Å². The second kappa shape index (κ2) is 69.5. The van der Waals surface area contributed by atoms with Crippen molar-refractivity contribution in [3.8, 4) is 0 Å². The Kier molecular flexibility index (Phi) is 75.6. The van der Waals surface area contributed by atoms with E-state index in [0.717, 1.165) is 38.5 Å². The van der Waals surface area contributed by atoms with Crippen LogP contribution in [-0.2, 0) is 14.4 Å². The van der Waals surface area contributed by atoms with Crippen molar-refractivity contribution < 1.29 is 29.7 Å². The molecule has 6 nitrogen and oxygen atoms in total. The minimum atomic E-state index is -0.902. The van der Waals surface area contributed by atoms with E-state index in [1.807, 2.05) is 0 Å². The third kappa shape index (κ3) is 82.5. The fourth-order valence-electron chi connectivity index (χ4n) is 8.98. The SMILES string of the molecule is CCCCCCCCCCCCCCCCCCCC(=O)[O-].CCCCCCCCCCCCCCCCCCCC(=O)[O-].CCCCCCCCCCCCCCCCCCCC(=O)[O-].[In+3]. The average molecular weight is 1050 g/mol. The molecule has 7 heteroatoms. The molecule has 0 aromatic heterocycles. The summed E-state index contributed by atoms with van der Waals surface area (Å²) in [6, 6.07) is 0. The summed E-state index contributed by atoms with van der Waals surface area (Å²) in [5, 5.41) is 30.7. The Morgan fingerprint density at radius 2 is 0.284 bits per heavy atom. The quantitative estimate of drug-likeness (QED) is 0.0560. The van der Waals surface area contributed by atoms with E-state index in [1.165, 1.54) is 289 Å². The van der Waals surface area contributed by atoms with Gasteiger partial charge in [-0.15, -0.1) is 0 Å². The molecule has 0 aromatic carbocycles. The van der Waals surface area contributed by atoms with E-state index in [0.29, 0.717) is 0 Å². The molecule has 0 aromatic rings. The molecule has 0 atom stereocenters. The van der Waals surface area contributed by atoms with Crippen LogP contribution in [0.5, 0.6) is 0 Å². The summed E-state index contributed by atoms with van der Waals surface area (Å²) in [6.45, 7) is 6.82. The molecular weight excluding hydrogens is 931 g/mol. The monoisotopic (exact) mass is 1050 g/mol. The molecule has 396 valence electrons. The van der Waals surface area contributed by atoms with Gasteiger partial charge in [0.1, 0.15) is 0 Å². The van der Waals surface area contributed by atoms with Crippen molar-refractivity contribution >= 4 is 43.8 Å². The number of rotatable bonds is 54. The third-order valence-corrected chi connectivity index (χ3v) is 13.5. The fraction of sp³-hybridized carbons (Fsp3) is 0.950. The first-order valence-electron chi connectivity index (χ1n) is 29.9. The van der Waals surface area contributed by atoms with Crippen LogP contribution in [0.2, 0.25) is 0 Å². The number of hydrogen-bond acceptors (Lipinski definition) is 6. The van der Waals surface area contributed by atoms with Crippen LogP contribution >= 0.6 is 0 Å². The van der Waals surface area contributed by atoms with Crippen molar-refractivity contribution in [3.05, 3.63) is 0 Å². The van der Waals surface area contributed by atoms with E-state index < -0.39 is 17.9 Å². The topological polar surface area (TPSA) is 120 Å². The van der Waals surface area contributed by atoms with Gasteiger partial charge in [0.25, 0.3) is 0 Å². The minimum absolute atomic E-state index is 0. The fourth-order valence-corrected chi connectivity index (χ4v) is 8.98. The Bertz CT molecular complexity index is 799. The van der Waals surface area contributed by atoms with Gasteiger partial charge in [-0.2, -0.15) is 0 Å². The van der Waals surface area contributed by atoms with Gasteiger partial charge in [-0.1, -0.05) is 329 Å². The van der Waals surface area contributed by atoms with Gasteiger partial charge in [0.2, 0.25) is 0 Å². The van der Waals surface area contributed by atoms with Crippen LogP contribution in [0.25, 0.3) is 0 Å². The van der Waals surface area contributed by atoms with Gasteiger partial charge in [0.15, 0.2) is 0 Å². The maximum absolute atomic E-state index is 10.2. The van der Waals surface area contributed by atoms with Crippen LogP contribution < -0.4 is 15.3 Å². The molecule has 0 heterocycles. The van der Waals surface area contributed by atoms with Crippen LogP contribution in [0.1, 0.15) is 367 Å². The normalized spacial score (nSPS) is 10.8. The molecule has 0 saturated heterocycles. The third-order valence-electron chi connectivity index (χ3n) is 13.5. The van der Waals surface area contributed by atoms with E-state index in [9.17, 15) is 29.7 Å². The smallest absolute Gasteiger partial charge is 0.550 e. The van der Waals surface area contributed by atoms with Gasteiger partial charge in [-0.25, -0.2) is 0 Å². The van der Waals surface area contributed by atoms with Gasteiger partial charge < -0.3 is 29.7 Å². The summed E-state index contributed by atoms with van der Waals surface area (Å²) in [5.74, 6) is -2.71. The Morgan fingerprint density at radius 3 is 0.373 bits per heavy atom. The molecule has 0 aliphatic heterocycles. The van der Waals surface area contributed by atoms with Crippen molar-refractivity contribution in [1.82, 2.24) is 0 Å². The summed E-state index contributed by atoms with van der Waals surface area (Å²) < 4.78 is 0. The van der Waals surface area contributed by atoms with Crippen LogP contribution in [0.4, 0.5) is 0 Å². The predicted octanol–water partition coefficient (Wildman–Crippen LogP) is 17.0. The molecule has 0 fully saturated rings. The summed E-state index contributed by atoms with van der Waals surface area (Å²) in [5.41, 5.74) is 0. The number of aliphatic carboxylic acids is 3. The Balaban J connectivity index is -0.000000441. The maximum Gasteiger partial charge on any atom is 3.00 e. The first kappa shape index (κ1) is 72.8. The molecule has 0 bridgehead atoms. The number of carbonyl (C=O) groups excluding carboxylic acids is 3. The first-order chi connectivity index (χ1) is 32.3. The number of carboxylic acid groups (broad SMARTS) is 3. The molecule has 0 spiro atoms. The van der Waals surface area contributed by atoms with Gasteiger partial charge in [-0.3, -0.25) is 0 Å². The van der Waals surface area contributed by atoms with E-state index in [-0.39, 0.29) is 45.1 Å². The van der Waals surface area contributed by atoms with Gasteiger partial charge in [0.05, 0.1) is 0 Å². The second-order valence-electron chi connectivity index (χ2n) is 20.3. The molecule has 0 N–H and O–H groups in total. The molecule has 0 unspecified atom stereocenters. The molecule has 0 aliphatic carbocycles. The van der Waals surface area contributed by atoms with Gasteiger partial charge in [-0.05, 0) is 38.5 Å². The molecule has 0 amide bonds. The van der Waals surface area contributed by atoms with E-state index >= 15 is 0 Å². The van der Waals surface area contributed by atoms with Crippen LogP contribution in [-0.4, -0.2) is 43.8 Å². The molecule has 0 aliphatic rings. The first-order valence-corrected chi connectivity index (χ1v) is 29.9.